The number of rotatable bonds is 9. The zero-order valence-corrected chi connectivity index (χ0v) is 13.7. The van der Waals surface area contributed by atoms with Gasteiger partial charge in [0.1, 0.15) is 0 Å². The molecule has 1 aromatic heterocycles. The number of aromatic nitrogens is 1. The molecule has 0 bridgehead atoms. The fraction of sp³-hybridized carbons (Fsp3) is 0.556. The molecule has 2 aromatic rings. The van der Waals surface area contributed by atoms with Crippen LogP contribution in [0.3, 0.4) is 0 Å². The molecule has 0 aliphatic rings. The lowest BCUT2D eigenvalue weighted by molar-refractivity contribution is 0.292. The summed E-state index contributed by atoms with van der Waals surface area (Å²) >= 11 is 0. The van der Waals surface area contributed by atoms with E-state index in [4.69, 9.17) is 0 Å². The quantitative estimate of drug-likeness (QED) is 0.713. The fourth-order valence-electron chi connectivity index (χ4n) is 2.73. The van der Waals surface area contributed by atoms with Crippen LogP contribution in [0.25, 0.3) is 10.9 Å². The number of fused-ring (bicyclic) bond motifs is 1. The largest absolute Gasteiger partial charge is 0.346 e. The van der Waals surface area contributed by atoms with Crippen molar-refractivity contribution in [3.63, 3.8) is 0 Å². The summed E-state index contributed by atoms with van der Waals surface area (Å²) in [7, 11) is 0. The Morgan fingerprint density at radius 2 is 1.90 bits per heavy atom. The normalized spacial score (nSPS) is 11.6. The number of hydrogen-bond acceptors (Lipinski definition) is 2. The summed E-state index contributed by atoms with van der Waals surface area (Å²) in [4.78, 5) is 2.47. The highest BCUT2D eigenvalue weighted by Crippen LogP contribution is 2.18. The van der Waals surface area contributed by atoms with Crippen molar-refractivity contribution in [2.45, 2.75) is 40.3 Å². The molecule has 0 radical (unpaired) electrons. The summed E-state index contributed by atoms with van der Waals surface area (Å²) in [6.45, 7) is 13.2. The summed E-state index contributed by atoms with van der Waals surface area (Å²) < 4.78 is 2.39. The van der Waals surface area contributed by atoms with Gasteiger partial charge in [-0.05, 0) is 49.1 Å². The van der Waals surface area contributed by atoms with Crippen LogP contribution in [0.2, 0.25) is 0 Å². The van der Waals surface area contributed by atoms with Crippen LogP contribution in [0.15, 0.2) is 30.5 Å². The van der Waals surface area contributed by atoms with Crippen molar-refractivity contribution in [2.24, 2.45) is 0 Å². The maximum atomic E-state index is 3.48. The second kappa shape index (κ2) is 8.20. The Morgan fingerprint density at radius 3 is 2.62 bits per heavy atom. The molecule has 2 rings (SSSR count). The standard InChI is InChI=1S/C18H29N3/c1-4-10-19-15-16-7-8-17-9-11-21(18(17)14-16)13-12-20(5-2)6-3/h7-9,11,14,19H,4-6,10,12-13,15H2,1-3H3. The van der Waals surface area contributed by atoms with Crippen LogP contribution in [0, 0.1) is 0 Å². The molecule has 1 N–H and O–H groups in total. The van der Waals surface area contributed by atoms with E-state index in [1.54, 1.807) is 0 Å². The lowest BCUT2D eigenvalue weighted by atomic mass is 10.1. The average molecular weight is 287 g/mol. The Labute approximate surface area is 128 Å². The molecule has 0 saturated heterocycles. The minimum atomic E-state index is 0.963. The highest BCUT2D eigenvalue weighted by Gasteiger charge is 2.04. The molecule has 0 fully saturated rings. The predicted octanol–water partition coefficient (Wildman–Crippen LogP) is 3.48. The van der Waals surface area contributed by atoms with E-state index in [1.165, 1.54) is 22.9 Å². The zero-order valence-electron chi connectivity index (χ0n) is 13.7. The Morgan fingerprint density at radius 1 is 1.10 bits per heavy atom. The van der Waals surface area contributed by atoms with Gasteiger partial charge in [-0.15, -0.1) is 0 Å². The summed E-state index contributed by atoms with van der Waals surface area (Å²) in [5, 5.41) is 4.82. The van der Waals surface area contributed by atoms with Gasteiger partial charge in [-0.3, -0.25) is 0 Å². The third kappa shape index (κ3) is 4.32. The highest BCUT2D eigenvalue weighted by molar-refractivity contribution is 5.80. The minimum Gasteiger partial charge on any atom is -0.346 e. The monoisotopic (exact) mass is 287 g/mol. The third-order valence-electron chi connectivity index (χ3n) is 4.15. The Bertz CT molecular complexity index is 540. The van der Waals surface area contributed by atoms with Gasteiger partial charge in [-0.2, -0.15) is 0 Å². The lowest BCUT2D eigenvalue weighted by Gasteiger charge is -2.18. The molecule has 1 heterocycles. The molecule has 0 aliphatic carbocycles. The molecule has 0 atom stereocenters. The van der Waals surface area contributed by atoms with Gasteiger partial charge in [-0.1, -0.05) is 32.9 Å². The molecule has 3 heteroatoms. The summed E-state index contributed by atoms with van der Waals surface area (Å²) in [6, 6.07) is 9.03. The van der Waals surface area contributed by atoms with Gasteiger partial charge in [0.2, 0.25) is 0 Å². The van der Waals surface area contributed by atoms with Gasteiger partial charge in [0.15, 0.2) is 0 Å². The van der Waals surface area contributed by atoms with E-state index in [1.807, 2.05) is 0 Å². The average Bonchev–Trinajstić information content (AvgIpc) is 2.91. The van der Waals surface area contributed by atoms with Gasteiger partial charge in [-0.25, -0.2) is 0 Å². The van der Waals surface area contributed by atoms with Crippen LogP contribution in [0.5, 0.6) is 0 Å². The molecule has 116 valence electrons. The first kappa shape index (κ1) is 16.1. The Hall–Kier alpha value is -1.32. The Balaban J connectivity index is 2.07. The van der Waals surface area contributed by atoms with Crippen LogP contribution in [0.4, 0.5) is 0 Å². The van der Waals surface area contributed by atoms with E-state index < -0.39 is 0 Å². The predicted molar refractivity (Wildman–Crippen MR) is 91.7 cm³/mol. The molecule has 1 aromatic carbocycles. The number of likely N-dealkylation sites (N-methyl/N-ethyl adjacent to an activating group) is 1. The van der Waals surface area contributed by atoms with Gasteiger partial charge in [0.05, 0.1) is 0 Å². The van der Waals surface area contributed by atoms with Crippen molar-refractivity contribution in [3.8, 4) is 0 Å². The second-order valence-corrected chi connectivity index (χ2v) is 5.61. The van der Waals surface area contributed by atoms with Crippen LogP contribution in [-0.4, -0.2) is 35.6 Å². The summed E-state index contributed by atoms with van der Waals surface area (Å²) in [6.07, 6.45) is 3.40. The van der Waals surface area contributed by atoms with Crippen molar-refractivity contribution in [2.75, 3.05) is 26.2 Å². The van der Waals surface area contributed by atoms with Crippen molar-refractivity contribution < 1.29 is 0 Å². The van der Waals surface area contributed by atoms with Crippen LogP contribution >= 0.6 is 0 Å². The summed E-state index contributed by atoms with van der Waals surface area (Å²) in [5.74, 6) is 0. The first-order valence-corrected chi connectivity index (χ1v) is 8.29. The molecule has 21 heavy (non-hydrogen) atoms. The first-order chi connectivity index (χ1) is 10.3. The van der Waals surface area contributed by atoms with Gasteiger partial charge in [0, 0.05) is 31.3 Å². The van der Waals surface area contributed by atoms with Crippen molar-refractivity contribution >= 4 is 10.9 Å². The fourth-order valence-corrected chi connectivity index (χ4v) is 2.73. The Kier molecular flexibility index (Phi) is 6.27. The van der Waals surface area contributed by atoms with E-state index in [9.17, 15) is 0 Å². The van der Waals surface area contributed by atoms with Gasteiger partial charge < -0.3 is 14.8 Å². The van der Waals surface area contributed by atoms with Crippen LogP contribution < -0.4 is 5.32 Å². The molecule has 0 unspecified atom stereocenters. The van der Waals surface area contributed by atoms with E-state index in [0.717, 1.165) is 39.3 Å². The maximum absolute atomic E-state index is 3.48. The SMILES string of the molecule is CCCNCc1ccc2ccn(CCN(CC)CC)c2c1. The molecule has 0 saturated carbocycles. The van der Waals surface area contributed by atoms with Crippen LogP contribution in [-0.2, 0) is 13.1 Å². The van der Waals surface area contributed by atoms with E-state index in [0.29, 0.717) is 0 Å². The topological polar surface area (TPSA) is 20.2 Å². The second-order valence-electron chi connectivity index (χ2n) is 5.61. The number of nitrogens with zero attached hydrogens (tertiary/aromatic N) is 2. The van der Waals surface area contributed by atoms with E-state index >= 15 is 0 Å². The molecule has 0 aliphatic heterocycles. The van der Waals surface area contributed by atoms with Crippen molar-refractivity contribution in [1.82, 2.24) is 14.8 Å². The molecule has 0 spiro atoms. The van der Waals surface area contributed by atoms with Gasteiger partial charge in [0.25, 0.3) is 0 Å². The molecule has 3 nitrogen and oxygen atoms in total. The van der Waals surface area contributed by atoms with Crippen LogP contribution in [0.1, 0.15) is 32.8 Å². The third-order valence-corrected chi connectivity index (χ3v) is 4.15. The highest BCUT2D eigenvalue weighted by atomic mass is 15.1. The smallest absolute Gasteiger partial charge is 0.0483 e. The summed E-state index contributed by atoms with van der Waals surface area (Å²) in [5.41, 5.74) is 2.73. The number of hydrogen-bond donors (Lipinski definition) is 1. The zero-order chi connectivity index (χ0) is 15.1. The molecular formula is C18H29N3. The lowest BCUT2D eigenvalue weighted by Crippen LogP contribution is -2.26. The van der Waals surface area contributed by atoms with Crippen molar-refractivity contribution in [3.05, 3.63) is 36.0 Å². The van der Waals surface area contributed by atoms with Crippen molar-refractivity contribution in [1.29, 1.82) is 0 Å². The van der Waals surface area contributed by atoms with E-state index in [-0.39, 0.29) is 0 Å². The minimum absolute atomic E-state index is 0.963. The van der Waals surface area contributed by atoms with Gasteiger partial charge >= 0.3 is 0 Å². The molecular weight excluding hydrogens is 258 g/mol. The number of nitrogens with one attached hydrogen (secondary N) is 1. The maximum Gasteiger partial charge on any atom is 0.0483 e. The molecule has 0 amide bonds. The van der Waals surface area contributed by atoms with E-state index in [2.05, 4.69) is 66.0 Å². The first-order valence-electron chi connectivity index (χ1n) is 8.29. The number of benzene rings is 1.